The van der Waals surface area contributed by atoms with E-state index in [-0.39, 0.29) is 19.3 Å². The molecule has 33 heavy (non-hydrogen) atoms. The third-order valence-corrected chi connectivity index (χ3v) is 6.84. The fourth-order valence-electron chi connectivity index (χ4n) is 3.61. The highest BCUT2D eigenvalue weighted by molar-refractivity contribution is 7.89. The average molecular weight is 482 g/mol. The van der Waals surface area contributed by atoms with E-state index in [4.69, 9.17) is 9.47 Å². The molecule has 9 nitrogen and oxygen atoms in total. The maximum absolute atomic E-state index is 13.8. The summed E-state index contributed by atoms with van der Waals surface area (Å²) in [5, 5.41) is 15.2. The van der Waals surface area contributed by atoms with Crippen LogP contribution in [-0.4, -0.2) is 58.1 Å². The molecule has 3 atom stereocenters. The number of hydrogen-bond acceptors (Lipinski definition) is 6. The Hall–Kier alpha value is -2.73. The van der Waals surface area contributed by atoms with E-state index in [1.165, 1.54) is 18.2 Å². The number of ether oxygens (including phenoxy) is 2. The number of hydrogen-bond donors (Lipinski definition) is 4. The van der Waals surface area contributed by atoms with Gasteiger partial charge < -0.3 is 25.2 Å². The molecule has 4 N–H and O–H groups in total. The zero-order valence-electron chi connectivity index (χ0n) is 18.2. The summed E-state index contributed by atoms with van der Waals surface area (Å²) in [5.41, 5.74) is 0.589. The standard InChI is InChI=1S/C22H28FN3O6S/c1-31-16-8-6-15(7-9-16)25-22(28)26-19-11-10-17(32-20(19)14-27)12-13-24-33(29,30)21-5-3-2-4-18(21)23/h2-9,17,19-20,24,27H,10-14H2,1H3,(H2,25,26,28)/t17-,19+,20+/m1/s1. The van der Waals surface area contributed by atoms with Crippen molar-refractivity contribution in [3.8, 4) is 5.75 Å². The summed E-state index contributed by atoms with van der Waals surface area (Å²) in [6.07, 6.45) is 0.508. The Kier molecular flexibility index (Phi) is 8.61. The number of sulfonamides is 1. The molecule has 0 spiro atoms. The lowest BCUT2D eigenvalue weighted by molar-refractivity contribution is -0.0884. The number of rotatable bonds is 9. The van der Waals surface area contributed by atoms with Gasteiger partial charge in [0.2, 0.25) is 10.0 Å². The molecule has 0 saturated carbocycles. The Morgan fingerprint density at radius 3 is 2.58 bits per heavy atom. The number of urea groups is 1. The number of aliphatic hydroxyl groups excluding tert-OH is 1. The molecule has 2 aromatic rings. The molecule has 0 aliphatic carbocycles. The topological polar surface area (TPSA) is 126 Å². The molecule has 2 aromatic carbocycles. The van der Waals surface area contributed by atoms with Gasteiger partial charge in [0.1, 0.15) is 22.6 Å². The number of carbonyl (C=O) groups is 1. The van der Waals surface area contributed by atoms with E-state index in [2.05, 4.69) is 15.4 Å². The Labute approximate surface area is 192 Å². The predicted molar refractivity (Wildman–Crippen MR) is 120 cm³/mol. The van der Waals surface area contributed by atoms with E-state index >= 15 is 0 Å². The van der Waals surface area contributed by atoms with Crippen LogP contribution in [0.3, 0.4) is 0 Å². The fraction of sp³-hybridized carbons (Fsp3) is 0.409. The first-order chi connectivity index (χ1) is 15.8. The minimum atomic E-state index is -3.97. The van der Waals surface area contributed by atoms with Gasteiger partial charge in [0.05, 0.1) is 25.9 Å². The van der Waals surface area contributed by atoms with Crippen LogP contribution >= 0.6 is 0 Å². The third-order valence-electron chi connectivity index (χ3n) is 5.34. The van der Waals surface area contributed by atoms with Crippen molar-refractivity contribution in [2.75, 3.05) is 25.6 Å². The summed E-state index contributed by atoms with van der Waals surface area (Å²) >= 11 is 0. The minimum Gasteiger partial charge on any atom is -0.497 e. The summed E-state index contributed by atoms with van der Waals surface area (Å²) < 4.78 is 51.6. The molecule has 1 fully saturated rings. The van der Waals surface area contributed by atoms with Gasteiger partial charge >= 0.3 is 6.03 Å². The maximum Gasteiger partial charge on any atom is 0.319 e. The number of halogens is 1. The lowest BCUT2D eigenvalue weighted by atomic mass is 9.97. The van der Waals surface area contributed by atoms with Crippen molar-refractivity contribution in [3.63, 3.8) is 0 Å². The number of amides is 2. The first kappa shape index (κ1) is 24.9. The highest BCUT2D eigenvalue weighted by atomic mass is 32.2. The van der Waals surface area contributed by atoms with Crippen molar-refractivity contribution in [1.82, 2.24) is 10.0 Å². The first-order valence-corrected chi connectivity index (χ1v) is 12.0. The molecule has 0 unspecified atom stereocenters. The van der Waals surface area contributed by atoms with E-state index in [9.17, 15) is 22.7 Å². The maximum atomic E-state index is 13.8. The van der Waals surface area contributed by atoms with E-state index in [1.54, 1.807) is 31.4 Å². The van der Waals surface area contributed by atoms with Crippen LogP contribution in [0.1, 0.15) is 19.3 Å². The second-order valence-corrected chi connectivity index (χ2v) is 9.34. The molecular weight excluding hydrogens is 453 g/mol. The number of anilines is 1. The van der Waals surface area contributed by atoms with Gasteiger partial charge in [0.15, 0.2) is 0 Å². The highest BCUT2D eigenvalue weighted by Crippen LogP contribution is 2.22. The number of aliphatic hydroxyl groups is 1. The van der Waals surface area contributed by atoms with Gasteiger partial charge in [-0.3, -0.25) is 0 Å². The van der Waals surface area contributed by atoms with Crippen LogP contribution in [0.15, 0.2) is 53.4 Å². The van der Waals surface area contributed by atoms with Crippen molar-refractivity contribution in [1.29, 1.82) is 0 Å². The molecule has 1 heterocycles. The number of nitrogens with one attached hydrogen (secondary N) is 3. The largest absolute Gasteiger partial charge is 0.497 e. The van der Waals surface area contributed by atoms with Crippen LogP contribution in [-0.2, 0) is 14.8 Å². The Balaban J connectivity index is 1.46. The summed E-state index contributed by atoms with van der Waals surface area (Å²) in [4.78, 5) is 11.9. The van der Waals surface area contributed by atoms with Gasteiger partial charge in [-0.15, -0.1) is 0 Å². The van der Waals surface area contributed by atoms with Crippen LogP contribution in [0, 0.1) is 5.82 Å². The van der Waals surface area contributed by atoms with Crippen molar-refractivity contribution < 1.29 is 32.2 Å². The summed E-state index contributed by atoms with van der Waals surface area (Å²) in [6.45, 7) is -0.250. The summed E-state index contributed by atoms with van der Waals surface area (Å²) in [6, 6.07) is 11.2. The van der Waals surface area contributed by atoms with Crippen LogP contribution in [0.4, 0.5) is 14.9 Å². The monoisotopic (exact) mass is 481 g/mol. The van der Waals surface area contributed by atoms with Gasteiger partial charge in [-0.1, -0.05) is 12.1 Å². The van der Waals surface area contributed by atoms with Gasteiger partial charge in [-0.05, 0) is 55.7 Å². The van der Waals surface area contributed by atoms with Gasteiger partial charge in [0.25, 0.3) is 0 Å². The fourth-order valence-corrected chi connectivity index (χ4v) is 4.74. The second-order valence-electron chi connectivity index (χ2n) is 7.61. The molecule has 0 bridgehead atoms. The number of methoxy groups -OCH3 is 1. The molecule has 2 amide bonds. The van der Waals surface area contributed by atoms with Crippen molar-refractivity contribution >= 4 is 21.7 Å². The van der Waals surface area contributed by atoms with Crippen LogP contribution in [0.25, 0.3) is 0 Å². The van der Waals surface area contributed by atoms with Crippen molar-refractivity contribution in [3.05, 3.63) is 54.3 Å². The lowest BCUT2D eigenvalue weighted by Crippen LogP contribution is -2.52. The van der Waals surface area contributed by atoms with E-state index in [0.29, 0.717) is 30.7 Å². The molecule has 180 valence electrons. The Bertz CT molecular complexity index is 1030. The van der Waals surface area contributed by atoms with E-state index < -0.39 is 38.9 Å². The molecule has 3 rings (SSSR count). The minimum absolute atomic E-state index is 0.0511. The van der Waals surface area contributed by atoms with E-state index in [0.717, 1.165) is 6.07 Å². The smallest absolute Gasteiger partial charge is 0.319 e. The Morgan fingerprint density at radius 2 is 1.91 bits per heavy atom. The molecule has 11 heteroatoms. The summed E-state index contributed by atoms with van der Waals surface area (Å²) in [5.74, 6) is -0.148. The molecular formula is C22H28FN3O6S. The predicted octanol–water partition coefficient (Wildman–Crippen LogP) is 2.23. The van der Waals surface area contributed by atoms with Crippen LogP contribution < -0.4 is 20.1 Å². The SMILES string of the molecule is COc1ccc(NC(=O)N[C@H]2CC[C@H](CCNS(=O)(=O)c3ccccc3F)O[C@H]2CO)cc1. The lowest BCUT2D eigenvalue weighted by Gasteiger charge is -2.36. The quantitative estimate of drug-likeness (QED) is 0.435. The molecule has 0 radical (unpaired) electrons. The zero-order valence-corrected chi connectivity index (χ0v) is 19.0. The molecule has 1 saturated heterocycles. The second kappa shape index (κ2) is 11.4. The van der Waals surface area contributed by atoms with E-state index in [1.807, 2.05) is 0 Å². The number of benzene rings is 2. The third kappa shape index (κ3) is 6.87. The highest BCUT2D eigenvalue weighted by Gasteiger charge is 2.32. The Morgan fingerprint density at radius 1 is 1.18 bits per heavy atom. The zero-order chi connectivity index (χ0) is 23.8. The molecule has 1 aliphatic heterocycles. The molecule has 1 aliphatic rings. The van der Waals surface area contributed by atoms with Crippen molar-refractivity contribution in [2.24, 2.45) is 0 Å². The normalized spacial score (nSPS) is 20.8. The average Bonchev–Trinajstić information content (AvgIpc) is 2.80. The van der Waals surface area contributed by atoms with Gasteiger partial charge in [0, 0.05) is 12.2 Å². The van der Waals surface area contributed by atoms with Gasteiger partial charge in [-0.25, -0.2) is 22.3 Å². The first-order valence-electron chi connectivity index (χ1n) is 10.5. The summed E-state index contributed by atoms with van der Waals surface area (Å²) in [7, 11) is -2.42. The van der Waals surface area contributed by atoms with Gasteiger partial charge in [-0.2, -0.15) is 0 Å². The molecule has 0 aromatic heterocycles. The van der Waals surface area contributed by atoms with Crippen LogP contribution in [0.5, 0.6) is 5.75 Å². The van der Waals surface area contributed by atoms with Crippen molar-refractivity contribution in [2.45, 2.75) is 42.4 Å². The number of carbonyl (C=O) groups excluding carboxylic acids is 1. The van der Waals surface area contributed by atoms with Crippen LogP contribution in [0.2, 0.25) is 0 Å².